The lowest BCUT2D eigenvalue weighted by atomic mass is 9.68. The van der Waals surface area contributed by atoms with Crippen molar-refractivity contribution in [2.24, 2.45) is 27.6 Å². The van der Waals surface area contributed by atoms with E-state index in [-0.39, 0.29) is 28.3 Å². The zero-order chi connectivity index (χ0) is 22.2. The van der Waals surface area contributed by atoms with Gasteiger partial charge < -0.3 is 15.3 Å². The van der Waals surface area contributed by atoms with Gasteiger partial charge in [-0.3, -0.25) is 0 Å². The fraction of sp³-hybridized carbons (Fsp3) is 1.00. The molecule has 0 rings (SSSR count). The molecule has 0 aliphatic heterocycles. The predicted octanol–water partition coefficient (Wildman–Crippen LogP) is 5.91. The number of rotatable bonds is 4. The first kappa shape index (κ1) is 30.6. The van der Waals surface area contributed by atoms with Crippen molar-refractivity contribution in [1.82, 2.24) is 0 Å². The summed E-state index contributed by atoms with van der Waals surface area (Å²) in [4.78, 5) is 0. The lowest BCUT2D eigenvalue weighted by Crippen LogP contribution is -2.35. The van der Waals surface area contributed by atoms with E-state index in [1.54, 1.807) is 0 Å². The number of hydrogen-bond acceptors (Lipinski definition) is 3. The molecule has 162 valence electrons. The molecule has 0 spiro atoms. The summed E-state index contributed by atoms with van der Waals surface area (Å²) in [5.74, 6) is 0.562. The highest BCUT2D eigenvalue weighted by Crippen LogP contribution is 2.40. The van der Waals surface area contributed by atoms with Gasteiger partial charge in [0.25, 0.3) is 0 Å². The summed E-state index contributed by atoms with van der Waals surface area (Å²) in [6.45, 7) is 29.7. The maximum atomic E-state index is 9.35. The molecule has 0 aromatic heterocycles. The van der Waals surface area contributed by atoms with Crippen LogP contribution >= 0.6 is 0 Å². The van der Waals surface area contributed by atoms with E-state index >= 15 is 0 Å². The molecule has 0 unspecified atom stereocenters. The van der Waals surface area contributed by atoms with Gasteiger partial charge in [-0.2, -0.15) is 0 Å². The fourth-order valence-corrected chi connectivity index (χ4v) is 0.837. The highest BCUT2D eigenvalue weighted by Gasteiger charge is 2.31. The average Bonchev–Trinajstić information content (AvgIpc) is 2.36. The third kappa shape index (κ3) is 13.1. The van der Waals surface area contributed by atoms with Crippen LogP contribution < -0.4 is 0 Å². The van der Waals surface area contributed by atoms with Crippen molar-refractivity contribution in [3.8, 4) is 0 Å². The summed E-state index contributed by atoms with van der Waals surface area (Å²) in [5, 5.41) is 26.9. The third-order valence-electron chi connectivity index (χ3n) is 6.57. The Hall–Kier alpha value is -0.120. The average molecular weight is 377 g/mol. The Balaban J connectivity index is -0.000000308. The molecule has 3 N–H and O–H groups in total. The van der Waals surface area contributed by atoms with Crippen LogP contribution in [0, 0.1) is 27.6 Å². The molecule has 0 saturated carbocycles. The smallest absolute Gasteiger partial charge is 0.0639 e. The molecular weight excluding hydrogens is 324 g/mol. The first-order valence-corrected chi connectivity index (χ1v) is 10.0. The molecule has 0 radical (unpaired) electrons. The Morgan fingerprint density at radius 3 is 1.00 bits per heavy atom. The molecule has 0 aromatic carbocycles. The summed E-state index contributed by atoms with van der Waals surface area (Å²) in [6, 6.07) is 0. The quantitative estimate of drug-likeness (QED) is 0.572. The second kappa shape index (κ2) is 11.0. The highest BCUT2D eigenvalue weighted by molar-refractivity contribution is 4.82. The van der Waals surface area contributed by atoms with Gasteiger partial charge in [0.2, 0.25) is 0 Å². The Morgan fingerprint density at radius 1 is 0.654 bits per heavy atom. The Labute approximate surface area is 165 Å². The first-order chi connectivity index (χ1) is 11.1. The summed E-state index contributed by atoms with van der Waals surface area (Å²) in [7, 11) is 0. The van der Waals surface area contributed by atoms with Crippen molar-refractivity contribution in [1.29, 1.82) is 0 Å². The van der Waals surface area contributed by atoms with Crippen molar-refractivity contribution in [3.05, 3.63) is 0 Å². The van der Waals surface area contributed by atoms with Gasteiger partial charge in [0.1, 0.15) is 0 Å². The molecule has 0 amide bonds. The van der Waals surface area contributed by atoms with Gasteiger partial charge in [0.05, 0.1) is 5.60 Å². The third-order valence-corrected chi connectivity index (χ3v) is 6.57. The molecule has 0 heterocycles. The van der Waals surface area contributed by atoms with Gasteiger partial charge in [0.15, 0.2) is 0 Å². The standard InChI is InChI=1S/C9H20O.2C7H16O/c1-8(2,3)9(4,5)6-7-10;1-6(2)7(3,4)5-8;1-6(2,3)7(4,5)8/h10H,6-7H2,1-5H3;6,8H,5H2,1-4H3;8H,1-5H3. The predicted molar refractivity (Wildman–Crippen MR) is 116 cm³/mol. The van der Waals surface area contributed by atoms with Crippen molar-refractivity contribution in [2.75, 3.05) is 13.2 Å². The SMILES string of the molecule is CC(C)(C)C(C)(C)CCO.CC(C)(C)C(C)(C)O.CC(C)C(C)(C)CO. The van der Waals surface area contributed by atoms with E-state index in [4.69, 9.17) is 10.2 Å². The molecular formula is C23H52O3. The monoisotopic (exact) mass is 376 g/mol. The van der Waals surface area contributed by atoms with Crippen molar-refractivity contribution in [2.45, 2.75) is 109 Å². The van der Waals surface area contributed by atoms with Crippen LogP contribution in [0.3, 0.4) is 0 Å². The van der Waals surface area contributed by atoms with Gasteiger partial charge in [-0.25, -0.2) is 0 Å². The van der Waals surface area contributed by atoms with Gasteiger partial charge >= 0.3 is 0 Å². The van der Waals surface area contributed by atoms with Crippen molar-refractivity contribution < 1.29 is 15.3 Å². The van der Waals surface area contributed by atoms with Crippen LogP contribution in [0.5, 0.6) is 0 Å². The zero-order valence-corrected chi connectivity index (χ0v) is 20.5. The minimum absolute atomic E-state index is 0.00694. The second-order valence-electron chi connectivity index (χ2n) is 11.7. The molecule has 0 saturated heterocycles. The van der Waals surface area contributed by atoms with E-state index < -0.39 is 5.60 Å². The molecule has 0 atom stereocenters. The van der Waals surface area contributed by atoms with Gasteiger partial charge in [-0.1, -0.05) is 83.1 Å². The first-order valence-electron chi connectivity index (χ1n) is 10.0. The minimum atomic E-state index is -0.562. The molecule has 3 nitrogen and oxygen atoms in total. The van der Waals surface area contributed by atoms with Crippen molar-refractivity contribution >= 4 is 0 Å². The van der Waals surface area contributed by atoms with Crippen LogP contribution in [-0.4, -0.2) is 34.1 Å². The maximum Gasteiger partial charge on any atom is 0.0639 e. The lowest BCUT2D eigenvalue weighted by molar-refractivity contribution is -0.0238. The van der Waals surface area contributed by atoms with E-state index in [0.717, 1.165) is 6.42 Å². The van der Waals surface area contributed by atoms with Gasteiger partial charge in [0, 0.05) is 13.2 Å². The molecule has 0 aliphatic rings. The highest BCUT2D eigenvalue weighted by atomic mass is 16.3. The van der Waals surface area contributed by atoms with E-state index in [2.05, 4.69) is 62.3 Å². The topological polar surface area (TPSA) is 60.7 Å². The second-order valence-corrected chi connectivity index (χ2v) is 11.7. The lowest BCUT2D eigenvalue weighted by Gasteiger charge is -2.38. The van der Waals surface area contributed by atoms with Gasteiger partial charge in [-0.15, -0.1) is 0 Å². The summed E-state index contributed by atoms with van der Waals surface area (Å²) >= 11 is 0. The Bertz CT molecular complexity index is 331. The Kier molecular flexibility index (Phi) is 13.0. The summed E-state index contributed by atoms with van der Waals surface area (Å²) < 4.78 is 0. The summed E-state index contributed by atoms with van der Waals surface area (Å²) in [5.41, 5.74) is 0.0531. The zero-order valence-electron chi connectivity index (χ0n) is 20.5. The maximum absolute atomic E-state index is 9.35. The Morgan fingerprint density at radius 2 is 0.962 bits per heavy atom. The van der Waals surface area contributed by atoms with Crippen LogP contribution in [0.4, 0.5) is 0 Å². The van der Waals surface area contributed by atoms with Gasteiger partial charge in [-0.05, 0) is 47.8 Å². The number of aliphatic hydroxyl groups is 3. The van der Waals surface area contributed by atoms with Crippen LogP contribution in [0.1, 0.15) is 103 Å². The largest absolute Gasteiger partial charge is 0.396 e. The normalized spacial score (nSPS) is 13.6. The van der Waals surface area contributed by atoms with Crippen LogP contribution in [0.15, 0.2) is 0 Å². The van der Waals surface area contributed by atoms with E-state index in [9.17, 15) is 5.11 Å². The van der Waals surface area contributed by atoms with E-state index in [0.29, 0.717) is 12.5 Å². The van der Waals surface area contributed by atoms with E-state index in [1.165, 1.54) is 0 Å². The molecule has 0 fully saturated rings. The number of hydrogen-bond donors (Lipinski definition) is 3. The molecule has 3 heteroatoms. The summed E-state index contributed by atoms with van der Waals surface area (Å²) in [6.07, 6.45) is 0.885. The number of aliphatic hydroxyl groups excluding tert-OH is 2. The van der Waals surface area contributed by atoms with Crippen LogP contribution in [0.25, 0.3) is 0 Å². The van der Waals surface area contributed by atoms with Crippen LogP contribution in [-0.2, 0) is 0 Å². The van der Waals surface area contributed by atoms with Crippen LogP contribution in [0.2, 0.25) is 0 Å². The molecule has 0 aliphatic carbocycles. The fourth-order valence-electron chi connectivity index (χ4n) is 0.837. The van der Waals surface area contributed by atoms with Crippen molar-refractivity contribution in [3.63, 3.8) is 0 Å². The molecule has 0 bridgehead atoms. The molecule has 26 heavy (non-hydrogen) atoms. The van der Waals surface area contributed by atoms with E-state index in [1.807, 2.05) is 34.6 Å². The molecule has 0 aromatic rings. The minimum Gasteiger partial charge on any atom is -0.396 e.